The quantitative estimate of drug-likeness (QED) is 0.353. The van der Waals surface area contributed by atoms with Crippen molar-refractivity contribution in [2.75, 3.05) is 14.2 Å². The molecule has 1 N–H and O–H groups in total. The Labute approximate surface area is 163 Å². The van der Waals surface area contributed by atoms with E-state index in [-0.39, 0.29) is 36.2 Å². The number of carboxylic acids is 1. The molecule has 0 saturated heterocycles. The van der Waals surface area contributed by atoms with Gasteiger partial charge in [0.15, 0.2) is 0 Å². The summed E-state index contributed by atoms with van der Waals surface area (Å²) in [5, 5.41) is 8.66. The van der Waals surface area contributed by atoms with E-state index in [1.54, 1.807) is 14.2 Å². The molecule has 0 aliphatic heterocycles. The van der Waals surface area contributed by atoms with Crippen LogP contribution in [0.3, 0.4) is 0 Å². The molecule has 1 rings (SSSR count). The zero-order chi connectivity index (χ0) is 20.1. The van der Waals surface area contributed by atoms with Crippen molar-refractivity contribution in [3.8, 4) is 0 Å². The van der Waals surface area contributed by atoms with Crippen molar-refractivity contribution in [1.29, 1.82) is 0 Å². The lowest BCUT2D eigenvalue weighted by molar-refractivity contribution is -0.137. The van der Waals surface area contributed by atoms with Crippen molar-refractivity contribution in [1.82, 2.24) is 0 Å². The highest BCUT2D eigenvalue weighted by atomic mass is 16.5. The standard InChI is InChI=1S/C22H36O5/c1-4-5-8-11-17(26-2)14-15-19-18(20(23)16-21(19)27-3)12-9-6-7-10-13-22(24)25/h6,9,14-15,17-19,21H,4-5,7-8,10-13,16H2,1-3H3,(H,24,25)/b9-6+,15-14+. The van der Waals surface area contributed by atoms with E-state index in [1.807, 2.05) is 12.2 Å². The summed E-state index contributed by atoms with van der Waals surface area (Å²) in [6.45, 7) is 2.19. The number of aliphatic carboxylic acids is 1. The molecule has 5 heteroatoms. The van der Waals surface area contributed by atoms with Gasteiger partial charge in [-0.2, -0.15) is 0 Å². The molecule has 1 fully saturated rings. The smallest absolute Gasteiger partial charge is 0.303 e. The van der Waals surface area contributed by atoms with Gasteiger partial charge in [0, 0.05) is 38.9 Å². The second-order valence-electron chi connectivity index (χ2n) is 7.28. The zero-order valence-corrected chi connectivity index (χ0v) is 17.1. The van der Waals surface area contributed by atoms with Crippen LogP contribution in [-0.2, 0) is 19.1 Å². The molecule has 27 heavy (non-hydrogen) atoms. The molecule has 0 amide bonds. The van der Waals surface area contributed by atoms with Crippen LogP contribution in [0.25, 0.3) is 0 Å². The van der Waals surface area contributed by atoms with Crippen LogP contribution in [0.2, 0.25) is 0 Å². The molecule has 0 radical (unpaired) electrons. The minimum atomic E-state index is -0.769. The van der Waals surface area contributed by atoms with Crippen LogP contribution in [0.15, 0.2) is 24.3 Å². The summed E-state index contributed by atoms with van der Waals surface area (Å²) in [5.41, 5.74) is 0. The second kappa shape index (κ2) is 13.7. The predicted molar refractivity (Wildman–Crippen MR) is 107 cm³/mol. The monoisotopic (exact) mass is 380 g/mol. The molecule has 154 valence electrons. The predicted octanol–water partition coefficient (Wildman–Crippen LogP) is 4.56. The molecule has 4 unspecified atom stereocenters. The van der Waals surface area contributed by atoms with Crippen LogP contribution in [0.5, 0.6) is 0 Å². The Bertz CT molecular complexity index is 497. The van der Waals surface area contributed by atoms with Gasteiger partial charge in [0.2, 0.25) is 0 Å². The summed E-state index contributed by atoms with van der Waals surface area (Å²) in [6.07, 6.45) is 15.4. The van der Waals surface area contributed by atoms with Crippen molar-refractivity contribution in [3.63, 3.8) is 0 Å². The molecule has 1 aliphatic rings. The number of carbonyl (C=O) groups is 2. The number of carboxylic acid groups (broad SMARTS) is 1. The minimum Gasteiger partial charge on any atom is -0.481 e. The number of hydrogen-bond donors (Lipinski definition) is 1. The first-order valence-electron chi connectivity index (χ1n) is 10.2. The third kappa shape index (κ3) is 8.85. The van der Waals surface area contributed by atoms with Gasteiger partial charge in [-0.1, -0.05) is 50.5 Å². The Morgan fingerprint density at radius 1 is 1.26 bits per heavy atom. The highest BCUT2D eigenvalue weighted by Crippen LogP contribution is 2.35. The maximum absolute atomic E-state index is 12.4. The number of rotatable bonds is 14. The number of ketones is 1. The van der Waals surface area contributed by atoms with Gasteiger partial charge in [-0.3, -0.25) is 9.59 Å². The molecule has 0 spiro atoms. The molecule has 4 atom stereocenters. The Hall–Kier alpha value is -1.46. The van der Waals surface area contributed by atoms with E-state index in [4.69, 9.17) is 14.6 Å². The molecular weight excluding hydrogens is 344 g/mol. The molecular formula is C22H36O5. The lowest BCUT2D eigenvalue weighted by Crippen LogP contribution is -2.20. The fourth-order valence-electron chi connectivity index (χ4n) is 3.62. The van der Waals surface area contributed by atoms with Crippen molar-refractivity contribution in [3.05, 3.63) is 24.3 Å². The van der Waals surface area contributed by atoms with Crippen LogP contribution < -0.4 is 0 Å². The van der Waals surface area contributed by atoms with E-state index < -0.39 is 5.97 Å². The van der Waals surface area contributed by atoms with E-state index >= 15 is 0 Å². The first kappa shape index (κ1) is 23.6. The third-order valence-corrected chi connectivity index (χ3v) is 5.27. The molecule has 5 nitrogen and oxygen atoms in total. The number of unbranched alkanes of at least 4 members (excludes halogenated alkanes) is 3. The number of ether oxygens (including phenoxy) is 2. The van der Waals surface area contributed by atoms with Crippen LogP contribution in [0.4, 0.5) is 0 Å². The SMILES string of the molecule is CCCCCC(/C=C/C1C(OC)CC(=O)C1C/C=C/CCCC(=O)O)OC. The number of carbonyl (C=O) groups excluding carboxylic acids is 1. The van der Waals surface area contributed by atoms with Gasteiger partial charge in [-0.25, -0.2) is 0 Å². The van der Waals surface area contributed by atoms with E-state index in [9.17, 15) is 9.59 Å². The first-order chi connectivity index (χ1) is 13.0. The second-order valence-corrected chi connectivity index (χ2v) is 7.28. The van der Waals surface area contributed by atoms with E-state index in [0.29, 0.717) is 19.3 Å². The van der Waals surface area contributed by atoms with E-state index in [2.05, 4.69) is 19.1 Å². The van der Waals surface area contributed by atoms with Gasteiger partial charge in [0.05, 0.1) is 12.2 Å². The van der Waals surface area contributed by atoms with E-state index in [1.165, 1.54) is 12.8 Å². The molecule has 0 aromatic rings. The number of methoxy groups -OCH3 is 2. The average Bonchev–Trinajstić information content (AvgIpc) is 2.95. The fourth-order valence-corrected chi connectivity index (χ4v) is 3.62. The normalized spacial score (nSPS) is 24.3. The topological polar surface area (TPSA) is 72.8 Å². The average molecular weight is 381 g/mol. The highest BCUT2D eigenvalue weighted by molar-refractivity contribution is 5.84. The molecule has 0 bridgehead atoms. The summed E-state index contributed by atoms with van der Waals surface area (Å²) >= 11 is 0. The third-order valence-electron chi connectivity index (χ3n) is 5.27. The van der Waals surface area contributed by atoms with Crippen LogP contribution in [0.1, 0.15) is 64.7 Å². The maximum atomic E-state index is 12.4. The largest absolute Gasteiger partial charge is 0.481 e. The Balaban J connectivity index is 2.62. The summed E-state index contributed by atoms with van der Waals surface area (Å²) < 4.78 is 11.1. The summed E-state index contributed by atoms with van der Waals surface area (Å²) in [5.74, 6) is -0.536. The Kier molecular flexibility index (Phi) is 11.9. The van der Waals surface area contributed by atoms with Crippen molar-refractivity contribution >= 4 is 11.8 Å². The van der Waals surface area contributed by atoms with E-state index in [0.717, 1.165) is 19.3 Å². The summed E-state index contributed by atoms with van der Waals surface area (Å²) in [7, 11) is 3.39. The van der Waals surface area contributed by atoms with Gasteiger partial charge < -0.3 is 14.6 Å². The lowest BCUT2D eigenvalue weighted by atomic mass is 9.90. The molecule has 1 aliphatic carbocycles. The Morgan fingerprint density at radius 2 is 2.04 bits per heavy atom. The Morgan fingerprint density at radius 3 is 2.67 bits per heavy atom. The van der Waals surface area contributed by atoms with Crippen molar-refractivity contribution in [2.45, 2.75) is 76.9 Å². The molecule has 0 aromatic carbocycles. The van der Waals surface area contributed by atoms with Gasteiger partial charge >= 0.3 is 5.97 Å². The van der Waals surface area contributed by atoms with Crippen molar-refractivity contribution < 1.29 is 24.2 Å². The van der Waals surface area contributed by atoms with Gasteiger partial charge in [-0.15, -0.1) is 0 Å². The summed E-state index contributed by atoms with van der Waals surface area (Å²) in [6, 6.07) is 0. The van der Waals surface area contributed by atoms with Crippen LogP contribution >= 0.6 is 0 Å². The number of Topliss-reactive ketones (excluding diaryl/α,β-unsaturated/α-hetero) is 1. The fraction of sp³-hybridized carbons (Fsp3) is 0.727. The zero-order valence-electron chi connectivity index (χ0n) is 17.1. The van der Waals surface area contributed by atoms with Crippen molar-refractivity contribution in [2.24, 2.45) is 11.8 Å². The van der Waals surface area contributed by atoms with Crippen LogP contribution in [-0.4, -0.2) is 43.3 Å². The highest BCUT2D eigenvalue weighted by Gasteiger charge is 2.40. The molecule has 0 aromatic heterocycles. The van der Waals surface area contributed by atoms with Gasteiger partial charge in [-0.05, 0) is 25.7 Å². The van der Waals surface area contributed by atoms with Gasteiger partial charge in [0.25, 0.3) is 0 Å². The van der Waals surface area contributed by atoms with Gasteiger partial charge in [0.1, 0.15) is 5.78 Å². The molecule has 1 saturated carbocycles. The minimum absolute atomic E-state index is 0.0648. The lowest BCUT2D eigenvalue weighted by Gasteiger charge is -2.20. The summed E-state index contributed by atoms with van der Waals surface area (Å²) in [4.78, 5) is 23.0. The first-order valence-corrected chi connectivity index (χ1v) is 10.2. The van der Waals surface area contributed by atoms with Crippen LogP contribution in [0, 0.1) is 11.8 Å². The number of hydrogen-bond acceptors (Lipinski definition) is 4. The maximum Gasteiger partial charge on any atom is 0.303 e. The number of allylic oxidation sites excluding steroid dienone is 2. The molecule has 0 heterocycles.